The maximum Gasteiger partial charge on any atom is 0.411 e. The number of halogens is 3. The molecule has 2 N–H and O–H groups in total. The summed E-state index contributed by atoms with van der Waals surface area (Å²) in [4.78, 5) is 4.33. The van der Waals surface area contributed by atoms with Crippen molar-refractivity contribution in [1.29, 1.82) is 0 Å². The van der Waals surface area contributed by atoms with Crippen molar-refractivity contribution < 1.29 is 22.6 Å². The Hall–Kier alpha value is -1.34. The van der Waals surface area contributed by atoms with E-state index in [9.17, 15) is 13.2 Å². The van der Waals surface area contributed by atoms with Crippen molar-refractivity contribution in [3.63, 3.8) is 0 Å². The number of ether oxygens (including phenoxy) is 2. The predicted molar refractivity (Wildman–Crippen MR) is 68.7 cm³/mol. The highest BCUT2D eigenvalue weighted by Crippen LogP contribution is 2.18. The lowest BCUT2D eigenvalue weighted by molar-refractivity contribution is -0.174. The van der Waals surface area contributed by atoms with Gasteiger partial charge in [-0.05, 0) is 25.6 Å². The zero-order valence-electron chi connectivity index (χ0n) is 11.4. The highest BCUT2D eigenvalue weighted by molar-refractivity contribution is 5.29. The molecule has 0 aliphatic rings. The molecule has 0 fully saturated rings. The second kappa shape index (κ2) is 8.06. The van der Waals surface area contributed by atoms with E-state index in [1.165, 1.54) is 0 Å². The van der Waals surface area contributed by atoms with Gasteiger partial charge >= 0.3 is 6.18 Å². The summed E-state index contributed by atoms with van der Waals surface area (Å²) in [5, 5.41) is 0. The summed E-state index contributed by atoms with van der Waals surface area (Å²) in [5.41, 5.74) is 7.13. The SMILES string of the molecule is Cc1ccc(OCCCOCC(F)(F)F)c(CCN)n1. The molecule has 1 heterocycles. The molecular weight excluding hydrogens is 273 g/mol. The van der Waals surface area contributed by atoms with Crippen LogP contribution in [0.3, 0.4) is 0 Å². The van der Waals surface area contributed by atoms with Gasteiger partial charge in [0.25, 0.3) is 0 Å². The number of aromatic nitrogens is 1. The molecular formula is C13H19F3N2O2. The van der Waals surface area contributed by atoms with Crippen molar-refractivity contribution >= 4 is 0 Å². The van der Waals surface area contributed by atoms with Gasteiger partial charge in [-0.15, -0.1) is 0 Å². The van der Waals surface area contributed by atoms with Crippen LogP contribution in [0.2, 0.25) is 0 Å². The first-order valence-electron chi connectivity index (χ1n) is 6.36. The van der Waals surface area contributed by atoms with Crippen LogP contribution in [0.4, 0.5) is 13.2 Å². The molecule has 1 aromatic heterocycles. The average molecular weight is 292 g/mol. The molecule has 1 aromatic rings. The number of aryl methyl sites for hydroxylation is 1. The predicted octanol–water partition coefficient (Wildman–Crippen LogP) is 2.24. The van der Waals surface area contributed by atoms with E-state index in [1.54, 1.807) is 6.07 Å². The largest absolute Gasteiger partial charge is 0.492 e. The van der Waals surface area contributed by atoms with Gasteiger partial charge in [-0.2, -0.15) is 13.2 Å². The van der Waals surface area contributed by atoms with E-state index in [1.807, 2.05) is 13.0 Å². The van der Waals surface area contributed by atoms with E-state index in [4.69, 9.17) is 10.5 Å². The number of hydrogen-bond donors (Lipinski definition) is 1. The van der Waals surface area contributed by atoms with Crippen LogP contribution in [0.25, 0.3) is 0 Å². The first-order valence-corrected chi connectivity index (χ1v) is 6.36. The van der Waals surface area contributed by atoms with Crippen molar-refractivity contribution in [2.75, 3.05) is 26.4 Å². The molecule has 7 heteroatoms. The number of pyridine rings is 1. The van der Waals surface area contributed by atoms with E-state index < -0.39 is 12.8 Å². The van der Waals surface area contributed by atoms with Gasteiger partial charge in [0.1, 0.15) is 12.4 Å². The number of alkyl halides is 3. The molecule has 0 unspecified atom stereocenters. The summed E-state index contributed by atoms with van der Waals surface area (Å²) in [7, 11) is 0. The molecule has 0 saturated heterocycles. The molecule has 0 bridgehead atoms. The molecule has 0 spiro atoms. The van der Waals surface area contributed by atoms with E-state index in [-0.39, 0.29) is 13.2 Å². The van der Waals surface area contributed by atoms with Crippen molar-refractivity contribution in [1.82, 2.24) is 4.98 Å². The summed E-state index contributed by atoms with van der Waals surface area (Å²) in [6.45, 7) is 1.39. The summed E-state index contributed by atoms with van der Waals surface area (Å²) in [6, 6.07) is 3.61. The Balaban J connectivity index is 2.31. The minimum Gasteiger partial charge on any atom is -0.492 e. The van der Waals surface area contributed by atoms with Crippen LogP contribution in [0.5, 0.6) is 5.75 Å². The Morgan fingerprint density at radius 3 is 2.65 bits per heavy atom. The van der Waals surface area contributed by atoms with Crippen molar-refractivity contribution in [2.45, 2.75) is 25.9 Å². The summed E-state index contributed by atoms with van der Waals surface area (Å²) < 4.78 is 45.5. The Morgan fingerprint density at radius 1 is 1.25 bits per heavy atom. The van der Waals surface area contributed by atoms with Crippen LogP contribution in [0.1, 0.15) is 17.8 Å². The summed E-state index contributed by atoms with van der Waals surface area (Å²) >= 11 is 0. The fourth-order valence-corrected chi connectivity index (χ4v) is 1.58. The van der Waals surface area contributed by atoms with Crippen LogP contribution in [-0.4, -0.2) is 37.5 Å². The molecule has 20 heavy (non-hydrogen) atoms. The monoisotopic (exact) mass is 292 g/mol. The second-order valence-electron chi connectivity index (χ2n) is 4.31. The molecule has 1 rings (SSSR count). The highest BCUT2D eigenvalue weighted by Gasteiger charge is 2.27. The van der Waals surface area contributed by atoms with Crippen molar-refractivity contribution in [3.8, 4) is 5.75 Å². The Kier molecular flexibility index (Phi) is 6.74. The average Bonchev–Trinajstić information content (AvgIpc) is 2.35. The fourth-order valence-electron chi connectivity index (χ4n) is 1.58. The summed E-state index contributed by atoms with van der Waals surface area (Å²) in [5.74, 6) is 0.622. The van der Waals surface area contributed by atoms with Gasteiger partial charge in [0.15, 0.2) is 0 Å². The highest BCUT2D eigenvalue weighted by atomic mass is 19.4. The lowest BCUT2D eigenvalue weighted by atomic mass is 10.2. The molecule has 0 amide bonds. The maximum absolute atomic E-state index is 11.8. The molecule has 0 aromatic carbocycles. The van der Waals surface area contributed by atoms with Gasteiger partial charge in [0.2, 0.25) is 0 Å². The van der Waals surface area contributed by atoms with Gasteiger partial charge in [-0.3, -0.25) is 4.98 Å². The minimum atomic E-state index is -4.28. The number of hydrogen-bond acceptors (Lipinski definition) is 4. The van der Waals surface area contributed by atoms with E-state index in [0.29, 0.717) is 25.1 Å². The first kappa shape index (κ1) is 16.7. The quantitative estimate of drug-likeness (QED) is 0.747. The lowest BCUT2D eigenvalue weighted by Gasteiger charge is -2.11. The van der Waals surface area contributed by atoms with Crippen LogP contribution in [0, 0.1) is 6.92 Å². The second-order valence-corrected chi connectivity index (χ2v) is 4.31. The van der Waals surface area contributed by atoms with Crippen molar-refractivity contribution in [2.24, 2.45) is 5.73 Å². The third kappa shape index (κ3) is 6.72. The Labute approximate surface area is 116 Å². The van der Waals surface area contributed by atoms with Gasteiger partial charge in [-0.1, -0.05) is 0 Å². The minimum absolute atomic E-state index is 0.00498. The molecule has 0 saturated carbocycles. The third-order valence-electron chi connectivity index (χ3n) is 2.41. The van der Waals surface area contributed by atoms with Gasteiger partial charge in [-0.25, -0.2) is 0 Å². The number of nitrogens with two attached hydrogens (primary N) is 1. The van der Waals surface area contributed by atoms with E-state index in [2.05, 4.69) is 9.72 Å². The zero-order chi connectivity index (χ0) is 15.0. The van der Waals surface area contributed by atoms with Crippen LogP contribution in [0.15, 0.2) is 12.1 Å². The molecule has 0 radical (unpaired) electrons. The van der Waals surface area contributed by atoms with Gasteiger partial charge in [0, 0.05) is 18.5 Å². The summed E-state index contributed by atoms with van der Waals surface area (Å²) in [6.07, 6.45) is -3.30. The lowest BCUT2D eigenvalue weighted by Crippen LogP contribution is -2.18. The van der Waals surface area contributed by atoms with E-state index in [0.717, 1.165) is 11.4 Å². The van der Waals surface area contributed by atoms with Crippen molar-refractivity contribution in [3.05, 3.63) is 23.5 Å². The Bertz CT molecular complexity index is 411. The smallest absolute Gasteiger partial charge is 0.411 e. The first-order chi connectivity index (χ1) is 9.42. The van der Waals surface area contributed by atoms with Gasteiger partial charge < -0.3 is 15.2 Å². The fraction of sp³-hybridized carbons (Fsp3) is 0.615. The number of rotatable bonds is 8. The normalized spacial score (nSPS) is 11.7. The number of nitrogens with zero attached hydrogens (tertiary/aromatic N) is 1. The third-order valence-corrected chi connectivity index (χ3v) is 2.41. The van der Waals surface area contributed by atoms with Gasteiger partial charge in [0.05, 0.1) is 18.9 Å². The zero-order valence-corrected chi connectivity index (χ0v) is 11.4. The molecule has 0 aliphatic heterocycles. The van der Waals surface area contributed by atoms with E-state index >= 15 is 0 Å². The standard InChI is InChI=1S/C13H19F3N2O2/c1-10-3-4-12(11(18-10)5-6-17)20-8-2-7-19-9-13(14,15)16/h3-4H,2,5-9,17H2,1H3. The molecule has 114 valence electrons. The maximum atomic E-state index is 11.8. The van der Waals surface area contributed by atoms with Crippen LogP contribution in [-0.2, 0) is 11.2 Å². The Morgan fingerprint density at radius 2 is 2.00 bits per heavy atom. The van der Waals surface area contributed by atoms with Crippen LogP contribution >= 0.6 is 0 Å². The molecule has 4 nitrogen and oxygen atoms in total. The molecule has 0 atom stereocenters. The van der Waals surface area contributed by atoms with Crippen LogP contribution < -0.4 is 10.5 Å². The topological polar surface area (TPSA) is 57.4 Å². The molecule has 0 aliphatic carbocycles.